The van der Waals surface area contributed by atoms with Crippen molar-refractivity contribution in [2.24, 2.45) is 0 Å². The van der Waals surface area contributed by atoms with E-state index in [4.69, 9.17) is 14.7 Å². The smallest absolute Gasteiger partial charge is 0.236 e. The summed E-state index contributed by atoms with van der Waals surface area (Å²) in [6.45, 7) is 4.48. The van der Waals surface area contributed by atoms with Gasteiger partial charge in [0.25, 0.3) is 0 Å². The van der Waals surface area contributed by atoms with Crippen molar-refractivity contribution in [3.05, 3.63) is 53.6 Å². The number of halogens is 2. The van der Waals surface area contributed by atoms with Gasteiger partial charge < -0.3 is 15.0 Å². The van der Waals surface area contributed by atoms with Crippen molar-refractivity contribution in [2.45, 2.75) is 44.9 Å². The van der Waals surface area contributed by atoms with Crippen LogP contribution in [0.1, 0.15) is 31.2 Å². The second-order valence-electron chi connectivity index (χ2n) is 9.17. The minimum atomic E-state index is -0.694. The van der Waals surface area contributed by atoms with E-state index in [2.05, 4.69) is 25.3 Å². The number of hydrogen-bond donors (Lipinski definition) is 2. The van der Waals surface area contributed by atoms with Gasteiger partial charge >= 0.3 is 0 Å². The van der Waals surface area contributed by atoms with Crippen LogP contribution in [0.3, 0.4) is 0 Å². The maximum atomic E-state index is 14.0. The molecule has 36 heavy (non-hydrogen) atoms. The number of amides is 1. The number of carbonyl (C=O) groups excluding carboxylic acids is 1. The zero-order valence-electron chi connectivity index (χ0n) is 20.3. The number of H-pyrrole nitrogens is 1. The number of aromatic nitrogens is 4. The summed E-state index contributed by atoms with van der Waals surface area (Å²) in [5.41, 5.74) is 3.37. The molecule has 9 nitrogen and oxygen atoms in total. The normalized spacial score (nSPS) is 17.5. The monoisotopic (exact) mass is 497 g/mol. The number of piperidine rings is 1. The van der Waals surface area contributed by atoms with Crippen molar-refractivity contribution in [1.82, 2.24) is 30.4 Å². The molecule has 0 spiro atoms. The number of benzene rings is 1. The molecule has 1 aromatic carbocycles. The van der Waals surface area contributed by atoms with Crippen molar-refractivity contribution in [2.75, 3.05) is 31.6 Å². The Morgan fingerprint density at radius 2 is 2.00 bits per heavy atom. The lowest BCUT2D eigenvalue weighted by Crippen LogP contribution is -2.46. The van der Waals surface area contributed by atoms with Crippen molar-refractivity contribution in [1.29, 1.82) is 0 Å². The summed E-state index contributed by atoms with van der Waals surface area (Å²) in [7, 11) is 1.64. The van der Waals surface area contributed by atoms with Gasteiger partial charge in [-0.1, -0.05) is 0 Å². The van der Waals surface area contributed by atoms with Crippen LogP contribution in [0.25, 0.3) is 11.3 Å². The van der Waals surface area contributed by atoms with Gasteiger partial charge in [-0.2, -0.15) is 5.10 Å². The highest BCUT2D eigenvalue weighted by molar-refractivity contribution is 5.81. The molecule has 2 N–H and O–H groups in total. The molecule has 190 valence electrons. The number of anilines is 1. The first kappa shape index (κ1) is 24.1. The van der Waals surface area contributed by atoms with Crippen LogP contribution < -0.4 is 15.0 Å². The first-order chi connectivity index (χ1) is 17.4. The molecule has 11 heteroatoms. The summed E-state index contributed by atoms with van der Waals surface area (Å²) in [4.78, 5) is 26.5. The fraction of sp³-hybridized carbons (Fsp3) is 0.440. The molecule has 0 saturated carbocycles. The largest absolute Gasteiger partial charge is 0.487 e. The van der Waals surface area contributed by atoms with Crippen LogP contribution in [0.4, 0.5) is 14.6 Å². The third-order valence-electron chi connectivity index (χ3n) is 6.90. The Morgan fingerprint density at radius 3 is 2.69 bits per heavy atom. The van der Waals surface area contributed by atoms with Gasteiger partial charge in [-0.15, -0.1) is 0 Å². The molecule has 0 radical (unpaired) electrons. The van der Waals surface area contributed by atoms with Crippen molar-refractivity contribution >= 4 is 11.7 Å². The zero-order valence-corrected chi connectivity index (χ0v) is 20.3. The molecule has 0 aliphatic carbocycles. The van der Waals surface area contributed by atoms with Crippen LogP contribution >= 0.6 is 0 Å². The average molecular weight is 498 g/mol. The van der Waals surface area contributed by atoms with E-state index in [0.29, 0.717) is 38.9 Å². The fourth-order valence-corrected chi connectivity index (χ4v) is 4.78. The third kappa shape index (κ3) is 4.88. The quantitative estimate of drug-likeness (QED) is 0.540. The highest BCUT2D eigenvalue weighted by atomic mass is 19.1. The van der Waals surface area contributed by atoms with Gasteiger partial charge in [0.2, 0.25) is 5.91 Å². The molecule has 2 aliphatic rings. The van der Waals surface area contributed by atoms with Crippen molar-refractivity contribution in [3.63, 3.8) is 0 Å². The lowest BCUT2D eigenvalue weighted by atomic mass is 10.0. The van der Waals surface area contributed by atoms with Gasteiger partial charge in [0.15, 0.2) is 17.4 Å². The van der Waals surface area contributed by atoms with Gasteiger partial charge in [0, 0.05) is 70.3 Å². The van der Waals surface area contributed by atoms with Crippen LogP contribution in [0.5, 0.6) is 5.75 Å². The van der Waals surface area contributed by atoms with Gasteiger partial charge in [-0.25, -0.2) is 18.7 Å². The van der Waals surface area contributed by atoms with Gasteiger partial charge in [0.05, 0.1) is 23.6 Å². The maximum Gasteiger partial charge on any atom is 0.236 e. The summed E-state index contributed by atoms with van der Waals surface area (Å²) in [5.74, 6) is -0.491. The van der Waals surface area contributed by atoms with Crippen LogP contribution in [0.2, 0.25) is 0 Å². The SMILES string of the molecule is CNC(=O)C(C)N1CCc2nc(N3CCC(Oc4ccc(F)cc4F)CC3)c(-c3cn[nH]c3)nc2C1. The predicted molar refractivity (Wildman–Crippen MR) is 129 cm³/mol. The fourth-order valence-electron chi connectivity index (χ4n) is 4.78. The summed E-state index contributed by atoms with van der Waals surface area (Å²) in [6, 6.07) is 3.11. The molecule has 0 bridgehead atoms. The highest BCUT2D eigenvalue weighted by Crippen LogP contribution is 2.33. The molecular formula is C25H29F2N7O2. The van der Waals surface area contributed by atoms with Gasteiger partial charge in [0.1, 0.15) is 17.6 Å². The molecule has 1 saturated heterocycles. The summed E-state index contributed by atoms with van der Waals surface area (Å²) in [6.07, 6.45) is 5.37. The van der Waals surface area contributed by atoms with E-state index in [-0.39, 0.29) is 23.8 Å². The van der Waals surface area contributed by atoms with E-state index in [0.717, 1.165) is 41.1 Å². The number of ether oxygens (including phenoxy) is 1. The minimum absolute atomic E-state index is 0.0244. The number of fused-ring (bicyclic) bond motifs is 1. The lowest BCUT2D eigenvalue weighted by molar-refractivity contribution is -0.125. The third-order valence-corrected chi connectivity index (χ3v) is 6.90. The number of aromatic amines is 1. The Kier molecular flexibility index (Phi) is 6.82. The molecule has 2 aromatic heterocycles. The van der Waals surface area contributed by atoms with Crippen LogP contribution in [0.15, 0.2) is 30.6 Å². The van der Waals surface area contributed by atoms with Gasteiger partial charge in [-0.3, -0.25) is 14.8 Å². The average Bonchev–Trinajstić information content (AvgIpc) is 3.44. The number of hydrogen-bond acceptors (Lipinski definition) is 7. The van der Waals surface area contributed by atoms with Crippen molar-refractivity contribution < 1.29 is 18.3 Å². The lowest BCUT2D eigenvalue weighted by Gasteiger charge is -2.35. The second kappa shape index (κ2) is 10.2. The molecule has 4 heterocycles. The van der Waals surface area contributed by atoms with Crippen LogP contribution in [0, 0.1) is 11.6 Å². The summed E-state index contributed by atoms with van der Waals surface area (Å²) in [5, 5.41) is 9.65. The first-order valence-corrected chi connectivity index (χ1v) is 12.1. The number of nitrogens with zero attached hydrogens (tertiary/aromatic N) is 5. The standard InChI is InChI=1S/C25H29F2N7O2/c1-15(25(35)28-2)34-10-7-20-21(14-34)31-23(16-12-29-30-13-16)24(32-20)33-8-5-18(6-9-33)36-22-4-3-17(26)11-19(22)27/h3-4,11-13,15,18H,5-10,14H2,1-2H3,(H,28,35)(H,29,30). The topological polar surface area (TPSA) is 99.3 Å². The number of carbonyl (C=O) groups is 1. The minimum Gasteiger partial charge on any atom is -0.487 e. The highest BCUT2D eigenvalue weighted by Gasteiger charge is 2.30. The summed E-state index contributed by atoms with van der Waals surface area (Å²) < 4.78 is 33.1. The van der Waals surface area contributed by atoms with Crippen LogP contribution in [-0.4, -0.2) is 69.8 Å². The van der Waals surface area contributed by atoms with Crippen molar-refractivity contribution in [3.8, 4) is 17.0 Å². The van der Waals surface area contributed by atoms with E-state index in [9.17, 15) is 13.6 Å². The summed E-state index contributed by atoms with van der Waals surface area (Å²) >= 11 is 0. The van der Waals surface area contributed by atoms with E-state index in [1.54, 1.807) is 19.4 Å². The Labute approximate surface area is 207 Å². The Morgan fingerprint density at radius 1 is 1.19 bits per heavy atom. The number of rotatable bonds is 6. The Balaban J connectivity index is 1.35. The van der Waals surface area contributed by atoms with E-state index < -0.39 is 11.6 Å². The Bertz CT molecular complexity index is 1230. The number of likely N-dealkylation sites (N-methyl/N-ethyl adjacent to an activating group) is 1. The van der Waals surface area contributed by atoms with E-state index in [1.807, 2.05) is 6.92 Å². The molecule has 1 fully saturated rings. The molecule has 1 atom stereocenters. The first-order valence-electron chi connectivity index (χ1n) is 12.1. The number of nitrogens with one attached hydrogen (secondary N) is 2. The Hall–Kier alpha value is -3.60. The molecule has 1 unspecified atom stereocenters. The molecular weight excluding hydrogens is 468 g/mol. The van der Waals surface area contributed by atoms with E-state index >= 15 is 0 Å². The molecule has 1 amide bonds. The molecule has 2 aliphatic heterocycles. The predicted octanol–water partition coefficient (Wildman–Crippen LogP) is 2.69. The zero-order chi connectivity index (χ0) is 25.2. The molecule has 5 rings (SSSR count). The second-order valence-corrected chi connectivity index (χ2v) is 9.17. The van der Waals surface area contributed by atoms with Gasteiger partial charge in [-0.05, 0) is 19.1 Å². The maximum absolute atomic E-state index is 14.0. The van der Waals surface area contributed by atoms with Crippen LogP contribution in [-0.2, 0) is 17.8 Å². The van der Waals surface area contributed by atoms with E-state index in [1.165, 1.54) is 12.1 Å². The molecule has 3 aromatic rings.